The van der Waals surface area contributed by atoms with Gasteiger partial charge in [-0.15, -0.1) is 12.4 Å². The second-order valence-corrected chi connectivity index (χ2v) is 5.70. The number of amides is 1. The van der Waals surface area contributed by atoms with Crippen LogP contribution in [0.25, 0.3) is 0 Å². The van der Waals surface area contributed by atoms with E-state index in [9.17, 15) is 4.79 Å². The third-order valence-corrected chi connectivity index (χ3v) is 4.04. The Kier molecular flexibility index (Phi) is 7.11. The van der Waals surface area contributed by atoms with E-state index in [2.05, 4.69) is 6.92 Å². The Bertz CT molecular complexity index is 279. The Balaban J connectivity index is 0.00000180. The predicted octanol–water partition coefficient (Wildman–Crippen LogP) is 1.81. The zero-order valence-electron chi connectivity index (χ0n) is 11.8. The summed E-state index contributed by atoms with van der Waals surface area (Å²) in [5.74, 6) is 1.21. The van der Waals surface area contributed by atoms with Gasteiger partial charge in [0.2, 0.25) is 5.91 Å². The molecule has 1 saturated heterocycles. The summed E-state index contributed by atoms with van der Waals surface area (Å²) in [4.78, 5) is 14.5. The van der Waals surface area contributed by atoms with Crippen LogP contribution < -0.4 is 5.73 Å². The lowest BCUT2D eigenvalue weighted by Gasteiger charge is -2.31. The lowest BCUT2D eigenvalue weighted by Crippen LogP contribution is -2.49. The smallest absolute Gasteiger partial charge is 0.239 e. The Morgan fingerprint density at radius 3 is 2.47 bits per heavy atom. The molecule has 1 aliphatic heterocycles. The van der Waals surface area contributed by atoms with Gasteiger partial charge in [-0.3, -0.25) is 4.79 Å². The minimum absolute atomic E-state index is 0. The summed E-state index contributed by atoms with van der Waals surface area (Å²) in [6.45, 7) is 5.40. The summed E-state index contributed by atoms with van der Waals surface area (Å²) < 4.78 is 5.33. The SMILES string of the molecule is CCCN(CC1CC1)C(=O)C(N)C1CCOCC1.Cl. The molecule has 0 aromatic heterocycles. The fourth-order valence-electron chi connectivity index (χ4n) is 2.66. The van der Waals surface area contributed by atoms with Crippen molar-refractivity contribution >= 4 is 18.3 Å². The van der Waals surface area contributed by atoms with Crippen LogP contribution in [0.1, 0.15) is 39.0 Å². The highest BCUT2D eigenvalue weighted by molar-refractivity contribution is 5.85. The number of hydrogen-bond donors (Lipinski definition) is 1. The van der Waals surface area contributed by atoms with Gasteiger partial charge < -0.3 is 15.4 Å². The minimum atomic E-state index is -0.320. The van der Waals surface area contributed by atoms with Crippen LogP contribution in [0.15, 0.2) is 0 Å². The van der Waals surface area contributed by atoms with Crippen LogP contribution >= 0.6 is 12.4 Å². The number of nitrogens with zero attached hydrogens (tertiary/aromatic N) is 1. The summed E-state index contributed by atoms with van der Waals surface area (Å²) >= 11 is 0. The molecule has 2 N–H and O–H groups in total. The molecule has 4 nitrogen and oxygen atoms in total. The van der Waals surface area contributed by atoms with Crippen LogP contribution in [0.2, 0.25) is 0 Å². The molecule has 1 aliphatic carbocycles. The molecule has 0 spiro atoms. The maximum Gasteiger partial charge on any atom is 0.239 e. The van der Waals surface area contributed by atoms with Crippen molar-refractivity contribution in [3.05, 3.63) is 0 Å². The maximum atomic E-state index is 12.5. The van der Waals surface area contributed by atoms with E-state index in [4.69, 9.17) is 10.5 Å². The monoisotopic (exact) mass is 290 g/mol. The van der Waals surface area contributed by atoms with E-state index < -0.39 is 0 Å². The highest BCUT2D eigenvalue weighted by Crippen LogP contribution is 2.30. The second-order valence-electron chi connectivity index (χ2n) is 5.70. The van der Waals surface area contributed by atoms with Gasteiger partial charge in [0.25, 0.3) is 0 Å². The van der Waals surface area contributed by atoms with Gasteiger partial charge in [0.1, 0.15) is 0 Å². The molecule has 2 fully saturated rings. The average molecular weight is 291 g/mol. The summed E-state index contributed by atoms with van der Waals surface area (Å²) in [6.07, 6.45) is 5.42. The van der Waals surface area contributed by atoms with E-state index in [1.807, 2.05) is 4.90 Å². The number of rotatable bonds is 6. The fourth-order valence-corrected chi connectivity index (χ4v) is 2.66. The molecule has 112 valence electrons. The molecule has 0 aromatic carbocycles. The van der Waals surface area contributed by atoms with Gasteiger partial charge in [0.05, 0.1) is 6.04 Å². The molecule has 19 heavy (non-hydrogen) atoms. The molecule has 1 unspecified atom stereocenters. The Hall–Kier alpha value is -0.320. The van der Waals surface area contributed by atoms with Crippen LogP contribution in [0.4, 0.5) is 0 Å². The molecule has 2 aliphatic rings. The van der Waals surface area contributed by atoms with Crippen LogP contribution in [0, 0.1) is 11.8 Å². The van der Waals surface area contributed by atoms with Crippen molar-refractivity contribution in [2.75, 3.05) is 26.3 Å². The van der Waals surface area contributed by atoms with E-state index in [1.54, 1.807) is 0 Å². The normalized spacial score (nSPS) is 21.6. The first-order chi connectivity index (χ1) is 8.72. The van der Waals surface area contributed by atoms with E-state index in [1.165, 1.54) is 12.8 Å². The molecule has 1 saturated carbocycles. The molecule has 5 heteroatoms. The molecule has 1 atom stereocenters. The zero-order valence-corrected chi connectivity index (χ0v) is 12.7. The van der Waals surface area contributed by atoms with Crippen LogP contribution in [-0.2, 0) is 9.53 Å². The standard InChI is InChI=1S/C14H26N2O2.ClH/c1-2-7-16(10-11-3-4-11)14(17)13(15)12-5-8-18-9-6-12;/h11-13H,2-10,15H2,1H3;1H. The number of ether oxygens (including phenoxy) is 1. The number of halogens is 1. The third-order valence-electron chi connectivity index (χ3n) is 4.04. The predicted molar refractivity (Wildman–Crippen MR) is 78.4 cm³/mol. The van der Waals surface area contributed by atoms with Crippen molar-refractivity contribution in [3.8, 4) is 0 Å². The van der Waals surface area contributed by atoms with Gasteiger partial charge in [-0.1, -0.05) is 6.92 Å². The first-order valence-corrected chi connectivity index (χ1v) is 7.34. The number of carbonyl (C=O) groups excluding carboxylic acids is 1. The van der Waals surface area contributed by atoms with Crippen LogP contribution in [-0.4, -0.2) is 43.2 Å². The van der Waals surface area contributed by atoms with Gasteiger partial charge in [-0.05, 0) is 43.9 Å². The van der Waals surface area contributed by atoms with Gasteiger partial charge >= 0.3 is 0 Å². The molecular weight excluding hydrogens is 264 g/mol. The lowest BCUT2D eigenvalue weighted by atomic mass is 9.91. The number of nitrogens with two attached hydrogens (primary N) is 1. The second kappa shape index (κ2) is 8.08. The Labute approximate surface area is 122 Å². The molecular formula is C14H27ClN2O2. The van der Waals surface area contributed by atoms with E-state index in [0.29, 0.717) is 5.92 Å². The van der Waals surface area contributed by atoms with Crippen molar-refractivity contribution in [3.63, 3.8) is 0 Å². The molecule has 1 amide bonds. The van der Waals surface area contributed by atoms with Crippen molar-refractivity contribution < 1.29 is 9.53 Å². The summed E-state index contributed by atoms with van der Waals surface area (Å²) in [5, 5.41) is 0. The summed E-state index contributed by atoms with van der Waals surface area (Å²) in [5.41, 5.74) is 6.17. The van der Waals surface area contributed by atoms with Gasteiger partial charge in [0.15, 0.2) is 0 Å². The van der Waals surface area contributed by atoms with Crippen molar-refractivity contribution in [2.24, 2.45) is 17.6 Å². The molecule has 0 aromatic rings. The summed E-state index contributed by atoms with van der Waals surface area (Å²) in [6, 6.07) is -0.320. The average Bonchev–Trinajstić information content (AvgIpc) is 3.21. The topological polar surface area (TPSA) is 55.6 Å². The van der Waals surface area contributed by atoms with Crippen molar-refractivity contribution in [1.29, 1.82) is 0 Å². The molecule has 2 rings (SSSR count). The van der Waals surface area contributed by atoms with Gasteiger partial charge in [-0.25, -0.2) is 0 Å². The van der Waals surface area contributed by atoms with Crippen molar-refractivity contribution in [2.45, 2.75) is 45.1 Å². The minimum Gasteiger partial charge on any atom is -0.381 e. The van der Waals surface area contributed by atoms with Crippen molar-refractivity contribution in [1.82, 2.24) is 4.90 Å². The highest BCUT2D eigenvalue weighted by Gasteiger charge is 2.32. The maximum absolute atomic E-state index is 12.5. The third kappa shape index (κ3) is 4.93. The highest BCUT2D eigenvalue weighted by atomic mass is 35.5. The number of hydrogen-bond acceptors (Lipinski definition) is 3. The fraction of sp³-hybridized carbons (Fsp3) is 0.929. The first-order valence-electron chi connectivity index (χ1n) is 7.34. The largest absolute Gasteiger partial charge is 0.381 e. The number of carbonyl (C=O) groups is 1. The Morgan fingerprint density at radius 2 is 1.95 bits per heavy atom. The Morgan fingerprint density at radius 1 is 1.32 bits per heavy atom. The molecule has 1 heterocycles. The van der Waals surface area contributed by atoms with Gasteiger partial charge in [-0.2, -0.15) is 0 Å². The first kappa shape index (κ1) is 16.7. The zero-order chi connectivity index (χ0) is 13.0. The van der Waals surface area contributed by atoms with Crippen LogP contribution in [0.5, 0.6) is 0 Å². The lowest BCUT2D eigenvalue weighted by molar-refractivity contribution is -0.135. The van der Waals surface area contributed by atoms with Gasteiger partial charge in [0, 0.05) is 26.3 Å². The molecule has 0 bridgehead atoms. The summed E-state index contributed by atoms with van der Waals surface area (Å²) in [7, 11) is 0. The molecule has 0 radical (unpaired) electrons. The van der Waals surface area contributed by atoms with E-state index in [-0.39, 0.29) is 24.4 Å². The van der Waals surface area contributed by atoms with E-state index in [0.717, 1.165) is 51.5 Å². The quantitative estimate of drug-likeness (QED) is 0.812. The van der Waals surface area contributed by atoms with E-state index >= 15 is 0 Å². The van der Waals surface area contributed by atoms with Crippen LogP contribution in [0.3, 0.4) is 0 Å².